The van der Waals surface area contributed by atoms with Crippen LogP contribution < -0.4 is 20.1 Å². The summed E-state index contributed by atoms with van der Waals surface area (Å²) in [5.41, 5.74) is 1.60. The highest BCUT2D eigenvalue weighted by molar-refractivity contribution is 5.98. The number of amides is 4. The number of nitrogens with one attached hydrogen (secondary N) is 2. The molecule has 2 N–H and O–H groups in total. The van der Waals surface area contributed by atoms with Crippen LogP contribution in [0, 0.1) is 0 Å². The largest absolute Gasteiger partial charge is 0.481 e. The number of pyridine rings is 1. The standard InChI is InChI=1S/C29H34N8O6/c1-42-25-11-10-21(27(32-25)43-2)28(40)35-13-14-37-23(18-35)26(39)30-16-20-17-36(34-33-20)12-6-9-24(38)31-22(29(37)41)15-19-7-4-3-5-8-19/h3-5,7-8,10-11,17,22-23H,6,9,12-16,18H2,1-2H3,(H,30,39)(H,31,38)/t22-,23+/m0/s1. The average Bonchev–Trinajstić information content (AvgIpc) is 3.49. The quantitative estimate of drug-likeness (QED) is 0.422. The topological polar surface area (TPSA) is 161 Å². The Labute approximate surface area is 248 Å². The van der Waals surface area contributed by atoms with Gasteiger partial charge in [0.05, 0.1) is 33.5 Å². The van der Waals surface area contributed by atoms with Crippen molar-refractivity contribution in [3.8, 4) is 11.8 Å². The summed E-state index contributed by atoms with van der Waals surface area (Å²) in [6.07, 6.45) is 2.65. The molecule has 43 heavy (non-hydrogen) atoms. The molecule has 5 rings (SSSR count). The van der Waals surface area contributed by atoms with Gasteiger partial charge in [0.1, 0.15) is 23.3 Å². The van der Waals surface area contributed by atoms with E-state index in [2.05, 4.69) is 25.9 Å². The Kier molecular flexibility index (Phi) is 9.13. The van der Waals surface area contributed by atoms with E-state index in [1.54, 1.807) is 23.0 Å². The lowest BCUT2D eigenvalue weighted by Crippen LogP contribution is -2.64. The Bertz CT molecular complexity index is 1480. The zero-order valence-corrected chi connectivity index (χ0v) is 24.1. The molecule has 2 aromatic heterocycles. The minimum Gasteiger partial charge on any atom is -0.481 e. The maximum Gasteiger partial charge on any atom is 0.259 e. The van der Waals surface area contributed by atoms with Crippen LogP contribution in [0.4, 0.5) is 0 Å². The van der Waals surface area contributed by atoms with Crippen molar-refractivity contribution in [1.29, 1.82) is 0 Å². The third-order valence-corrected chi connectivity index (χ3v) is 7.46. The van der Waals surface area contributed by atoms with E-state index in [9.17, 15) is 19.2 Å². The second-order valence-electron chi connectivity index (χ2n) is 10.3. The Morgan fingerprint density at radius 2 is 1.84 bits per heavy atom. The lowest BCUT2D eigenvalue weighted by Gasteiger charge is -2.42. The van der Waals surface area contributed by atoms with Crippen molar-refractivity contribution >= 4 is 23.6 Å². The first-order valence-corrected chi connectivity index (χ1v) is 14.0. The van der Waals surface area contributed by atoms with Crippen LogP contribution in [-0.2, 0) is 33.9 Å². The van der Waals surface area contributed by atoms with Crippen LogP contribution in [-0.4, -0.2) is 99.3 Å². The molecule has 14 heteroatoms. The van der Waals surface area contributed by atoms with E-state index in [0.29, 0.717) is 18.7 Å². The molecule has 0 spiro atoms. The summed E-state index contributed by atoms with van der Waals surface area (Å²) >= 11 is 0. The van der Waals surface area contributed by atoms with E-state index in [0.717, 1.165) is 5.56 Å². The van der Waals surface area contributed by atoms with Crippen molar-refractivity contribution in [2.45, 2.75) is 44.4 Å². The summed E-state index contributed by atoms with van der Waals surface area (Å²) in [4.78, 5) is 61.5. The van der Waals surface area contributed by atoms with Gasteiger partial charge in [-0.25, -0.2) is 0 Å². The molecule has 1 aromatic carbocycles. The fourth-order valence-electron chi connectivity index (χ4n) is 5.22. The van der Waals surface area contributed by atoms with E-state index < -0.39 is 29.8 Å². The molecule has 2 aliphatic rings. The Morgan fingerprint density at radius 3 is 2.60 bits per heavy atom. The fourth-order valence-corrected chi connectivity index (χ4v) is 5.22. The number of hydrogen-bond donors (Lipinski definition) is 2. The van der Waals surface area contributed by atoms with Gasteiger partial charge in [0.15, 0.2) is 0 Å². The number of methoxy groups -OCH3 is 2. The van der Waals surface area contributed by atoms with Gasteiger partial charge in [0.2, 0.25) is 29.5 Å². The lowest BCUT2D eigenvalue weighted by atomic mass is 10.0. The number of nitrogens with zero attached hydrogens (tertiary/aromatic N) is 6. The van der Waals surface area contributed by atoms with Crippen molar-refractivity contribution in [2.24, 2.45) is 0 Å². The number of aromatic nitrogens is 4. The van der Waals surface area contributed by atoms with Gasteiger partial charge in [-0.3, -0.25) is 23.9 Å². The third-order valence-electron chi connectivity index (χ3n) is 7.46. The summed E-state index contributed by atoms with van der Waals surface area (Å²) in [5, 5.41) is 13.9. The number of benzene rings is 1. The molecule has 14 nitrogen and oxygen atoms in total. The van der Waals surface area contributed by atoms with Gasteiger partial charge in [-0.2, -0.15) is 4.98 Å². The van der Waals surface area contributed by atoms with E-state index in [1.165, 1.54) is 24.0 Å². The smallest absolute Gasteiger partial charge is 0.259 e. The predicted molar refractivity (Wildman–Crippen MR) is 152 cm³/mol. The lowest BCUT2D eigenvalue weighted by molar-refractivity contribution is -0.146. The van der Waals surface area contributed by atoms with Crippen molar-refractivity contribution in [2.75, 3.05) is 33.9 Å². The summed E-state index contributed by atoms with van der Waals surface area (Å²) in [5.74, 6) is -1.16. The van der Waals surface area contributed by atoms with Crippen LogP contribution in [0.25, 0.3) is 0 Å². The molecule has 4 heterocycles. The van der Waals surface area contributed by atoms with E-state index in [1.807, 2.05) is 30.3 Å². The second kappa shape index (κ2) is 13.3. The van der Waals surface area contributed by atoms with Gasteiger partial charge in [-0.15, -0.1) is 5.10 Å². The van der Waals surface area contributed by atoms with Crippen LogP contribution in [0.1, 0.15) is 34.5 Å². The zero-order valence-electron chi connectivity index (χ0n) is 24.1. The first-order valence-electron chi connectivity index (χ1n) is 14.0. The van der Waals surface area contributed by atoms with Crippen molar-refractivity contribution < 1.29 is 28.7 Å². The van der Waals surface area contributed by atoms with E-state index >= 15 is 0 Å². The average molecular weight is 591 g/mol. The highest BCUT2D eigenvalue weighted by atomic mass is 16.5. The molecule has 0 radical (unpaired) electrons. The Balaban J connectivity index is 1.44. The van der Waals surface area contributed by atoms with Crippen LogP contribution in [0.15, 0.2) is 48.7 Å². The maximum atomic E-state index is 14.1. The minimum atomic E-state index is -1.03. The van der Waals surface area contributed by atoms with E-state index in [-0.39, 0.29) is 62.3 Å². The molecule has 4 amide bonds. The highest BCUT2D eigenvalue weighted by Gasteiger charge is 2.40. The van der Waals surface area contributed by atoms with Gasteiger partial charge in [-0.1, -0.05) is 35.5 Å². The molecule has 1 fully saturated rings. The monoisotopic (exact) mass is 590 g/mol. The molecule has 2 aliphatic heterocycles. The molecule has 1 saturated heterocycles. The summed E-state index contributed by atoms with van der Waals surface area (Å²) in [6.45, 7) is 0.702. The van der Waals surface area contributed by atoms with Gasteiger partial charge in [0, 0.05) is 38.5 Å². The number of aryl methyl sites for hydroxylation is 1. The SMILES string of the molecule is COc1ccc(C(=O)N2CCN3C(=O)[C@H](Cc4ccccc4)NC(=O)CCCn4cc(nn4)CNC(=O)[C@H]3C2)c(OC)n1. The van der Waals surface area contributed by atoms with Crippen molar-refractivity contribution in [3.63, 3.8) is 0 Å². The third kappa shape index (κ3) is 6.90. The highest BCUT2D eigenvalue weighted by Crippen LogP contribution is 2.24. The van der Waals surface area contributed by atoms with Crippen LogP contribution >= 0.6 is 0 Å². The number of fused-ring (bicyclic) bond motifs is 3. The van der Waals surface area contributed by atoms with Crippen LogP contribution in [0.3, 0.4) is 0 Å². The zero-order chi connectivity index (χ0) is 30.3. The normalized spacial score (nSPS) is 19.8. The summed E-state index contributed by atoms with van der Waals surface area (Å²) in [6, 6.07) is 10.5. The van der Waals surface area contributed by atoms with Gasteiger partial charge < -0.3 is 29.9 Å². The molecule has 3 aromatic rings. The van der Waals surface area contributed by atoms with Crippen LogP contribution in [0.2, 0.25) is 0 Å². The maximum absolute atomic E-state index is 14.1. The molecule has 0 aliphatic carbocycles. The molecular formula is C29H34N8O6. The number of carbonyl (C=O) groups excluding carboxylic acids is 4. The molecule has 0 unspecified atom stereocenters. The number of rotatable bonds is 5. The van der Waals surface area contributed by atoms with Gasteiger partial charge in [-0.05, 0) is 18.1 Å². The van der Waals surface area contributed by atoms with Gasteiger partial charge in [0.25, 0.3) is 5.91 Å². The van der Waals surface area contributed by atoms with Crippen LogP contribution in [0.5, 0.6) is 11.8 Å². The second-order valence-corrected chi connectivity index (χ2v) is 10.3. The Hall–Kier alpha value is -5.01. The molecule has 2 atom stereocenters. The number of carbonyl (C=O) groups is 4. The first kappa shape index (κ1) is 29.5. The predicted octanol–water partition coefficient (Wildman–Crippen LogP) is 0.181. The number of piperazine rings is 1. The van der Waals surface area contributed by atoms with Gasteiger partial charge >= 0.3 is 0 Å². The molecule has 2 bridgehead atoms. The first-order chi connectivity index (χ1) is 20.9. The molecule has 226 valence electrons. The van der Waals surface area contributed by atoms with E-state index in [4.69, 9.17) is 9.47 Å². The minimum absolute atomic E-state index is 0.0753. The summed E-state index contributed by atoms with van der Waals surface area (Å²) < 4.78 is 12.1. The number of ether oxygens (including phenoxy) is 2. The number of hydrogen-bond acceptors (Lipinski definition) is 9. The fraction of sp³-hybridized carbons (Fsp3) is 0.414. The van der Waals surface area contributed by atoms with Crippen molar-refractivity contribution in [1.82, 2.24) is 40.4 Å². The summed E-state index contributed by atoms with van der Waals surface area (Å²) in [7, 11) is 2.86. The Morgan fingerprint density at radius 1 is 1.02 bits per heavy atom. The molecule has 0 saturated carbocycles. The van der Waals surface area contributed by atoms with Crippen molar-refractivity contribution in [3.05, 3.63) is 65.5 Å². The molecular weight excluding hydrogens is 556 g/mol.